The number of nitrogens with one attached hydrogen (secondary N) is 2. The summed E-state index contributed by atoms with van der Waals surface area (Å²) in [6.45, 7) is 6.29. The molecule has 0 aliphatic heterocycles. The molecule has 0 fully saturated rings. The molecule has 110 valence electrons. The number of benzene rings is 1. The summed E-state index contributed by atoms with van der Waals surface area (Å²) in [5.41, 5.74) is 1.83. The summed E-state index contributed by atoms with van der Waals surface area (Å²) in [6, 6.07) is 7.69. The number of hydrogen-bond acceptors (Lipinski definition) is 5. The van der Waals surface area contributed by atoms with Crippen molar-refractivity contribution in [2.75, 3.05) is 17.2 Å². The predicted octanol–water partition coefficient (Wildman–Crippen LogP) is 3.33. The maximum Gasteiger partial charge on any atom is 0.223 e. The van der Waals surface area contributed by atoms with Gasteiger partial charge >= 0.3 is 0 Å². The van der Waals surface area contributed by atoms with Gasteiger partial charge in [0.25, 0.3) is 0 Å². The molecule has 0 radical (unpaired) electrons. The second-order valence-electron chi connectivity index (χ2n) is 4.52. The number of aryl methyl sites for hydroxylation is 1. The molecule has 0 saturated carbocycles. The van der Waals surface area contributed by atoms with Crippen molar-refractivity contribution in [1.82, 2.24) is 9.97 Å². The highest BCUT2D eigenvalue weighted by Gasteiger charge is 2.06. The van der Waals surface area contributed by atoms with Crippen molar-refractivity contribution in [3.63, 3.8) is 0 Å². The fourth-order valence-electron chi connectivity index (χ4n) is 1.69. The van der Waals surface area contributed by atoms with E-state index in [1.807, 2.05) is 44.3 Å². The van der Waals surface area contributed by atoms with E-state index in [1.165, 1.54) is 6.92 Å². The Bertz CT molecular complexity index is 628. The van der Waals surface area contributed by atoms with Gasteiger partial charge in [-0.25, -0.2) is 9.97 Å². The van der Waals surface area contributed by atoms with Crippen LogP contribution in [0.4, 0.5) is 11.6 Å². The van der Waals surface area contributed by atoms with Crippen molar-refractivity contribution in [3.8, 4) is 0 Å². The molecule has 5 nitrogen and oxygen atoms in total. The highest BCUT2D eigenvalue weighted by Crippen LogP contribution is 2.29. The van der Waals surface area contributed by atoms with Crippen LogP contribution in [0, 0.1) is 6.92 Å². The van der Waals surface area contributed by atoms with E-state index in [-0.39, 0.29) is 5.91 Å². The first-order valence-electron chi connectivity index (χ1n) is 6.71. The first-order valence-corrected chi connectivity index (χ1v) is 7.53. The maximum atomic E-state index is 11.0. The van der Waals surface area contributed by atoms with Crippen LogP contribution in [0.15, 0.2) is 40.4 Å². The van der Waals surface area contributed by atoms with Crippen molar-refractivity contribution in [1.29, 1.82) is 0 Å². The van der Waals surface area contributed by atoms with Gasteiger partial charge in [0, 0.05) is 35.8 Å². The van der Waals surface area contributed by atoms with Crippen molar-refractivity contribution < 1.29 is 4.79 Å². The largest absolute Gasteiger partial charge is 0.354 e. The summed E-state index contributed by atoms with van der Waals surface area (Å²) in [6.07, 6.45) is 1.82. The Balaban J connectivity index is 2.13. The highest BCUT2D eigenvalue weighted by atomic mass is 32.2. The third-order valence-corrected chi connectivity index (χ3v) is 3.76. The van der Waals surface area contributed by atoms with E-state index in [1.54, 1.807) is 11.8 Å². The zero-order valence-electron chi connectivity index (χ0n) is 12.3. The number of amides is 1. The standard InChI is InChI=1S/C15H18N4OS/c1-4-16-15-17-9-10(2)14(19-15)21-13-7-5-12(6-8-13)18-11(3)20/h5-9H,4H2,1-3H3,(H,18,20)(H,16,17,19). The summed E-state index contributed by atoms with van der Waals surface area (Å²) in [5, 5.41) is 6.78. The molecule has 0 spiro atoms. The lowest BCUT2D eigenvalue weighted by atomic mass is 10.3. The third-order valence-electron chi connectivity index (χ3n) is 2.65. The molecule has 1 amide bonds. The molecule has 1 heterocycles. The molecule has 2 N–H and O–H groups in total. The van der Waals surface area contributed by atoms with E-state index in [2.05, 4.69) is 20.6 Å². The normalized spacial score (nSPS) is 10.2. The molecular formula is C15H18N4OS. The van der Waals surface area contributed by atoms with Gasteiger partial charge in [0.15, 0.2) is 0 Å². The number of hydrogen-bond donors (Lipinski definition) is 2. The molecule has 0 aliphatic rings. The smallest absolute Gasteiger partial charge is 0.223 e. The molecule has 6 heteroatoms. The third kappa shape index (κ3) is 4.46. The topological polar surface area (TPSA) is 66.9 Å². The Labute approximate surface area is 128 Å². The van der Waals surface area contributed by atoms with Crippen molar-refractivity contribution in [2.24, 2.45) is 0 Å². The summed E-state index contributed by atoms with van der Waals surface area (Å²) in [4.78, 5) is 20.8. The molecule has 0 aliphatic carbocycles. The molecule has 1 aromatic carbocycles. The monoisotopic (exact) mass is 302 g/mol. The SMILES string of the molecule is CCNc1ncc(C)c(Sc2ccc(NC(C)=O)cc2)n1. The summed E-state index contributed by atoms with van der Waals surface area (Å²) < 4.78 is 0. The number of nitrogens with zero attached hydrogens (tertiary/aromatic N) is 2. The molecule has 2 rings (SSSR count). The zero-order chi connectivity index (χ0) is 15.2. The van der Waals surface area contributed by atoms with E-state index >= 15 is 0 Å². The van der Waals surface area contributed by atoms with E-state index in [4.69, 9.17) is 0 Å². The molecule has 0 unspecified atom stereocenters. The molecular weight excluding hydrogens is 284 g/mol. The Morgan fingerprint density at radius 1 is 1.29 bits per heavy atom. The van der Waals surface area contributed by atoms with Crippen LogP contribution in [0.5, 0.6) is 0 Å². The molecule has 21 heavy (non-hydrogen) atoms. The van der Waals surface area contributed by atoms with Gasteiger partial charge in [-0.3, -0.25) is 4.79 Å². The average Bonchev–Trinajstić information content (AvgIpc) is 2.44. The summed E-state index contributed by atoms with van der Waals surface area (Å²) >= 11 is 1.58. The van der Waals surface area contributed by atoms with Gasteiger partial charge in [-0.15, -0.1) is 0 Å². The summed E-state index contributed by atoms with van der Waals surface area (Å²) in [7, 11) is 0. The Kier molecular flexibility index (Phi) is 5.16. The maximum absolute atomic E-state index is 11.0. The number of carbonyl (C=O) groups excluding carboxylic acids is 1. The van der Waals surface area contributed by atoms with Crippen molar-refractivity contribution >= 4 is 29.3 Å². The molecule has 0 atom stereocenters. The Hall–Kier alpha value is -2.08. The number of anilines is 2. The van der Waals surface area contributed by atoms with Crippen LogP contribution < -0.4 is 10.6 Å². The first-order chi connectivity index (χ1) is 10.1. The minimum absolute atomic E-state index is 0.0719. The van der Waals surface area contributed by atoms with Crippen LogP contribution in [0.2, 0.25) is 0 Å². The van der Waals surface area contributed by atoms with Crippen molar-refractivity contribution in [3.05, 3.63) is 36.0 Å². The van der Waals surface area contributed by atoms with Gasteiger partial charge in [-0.1, -0.05) is 11.8 Å². The fraction of sp³-hybridized carbons (Fsp3) is 0.267. The van der Waals surface area contributed by atoms with Crippen LogP contribution in [-0.2, 0) is 4.79 Å². The van der Waals surface area contributed by atoms with Gasteiger partial charge in [0.2, 0.25) is 11.9 Å². The minimum Gasteiger partial charge on any atom is -0.354 e. The summed E-state index contributed by atoms with van der Waals surface area (Å²) in [5.74, 6) is 0.567. The number of carbonyl (C=O) groups is 1. The van der Waals surface area contributed by atoms with Gasteiger partial charge in [-0.05, 0) is 38.1 Å². The zero-order valence-corrected chi connectivity index (χ0v) is 13.1. The lowest BCUT2D eigenvalue weighted by molar-refractivity contribution is -0.114. The van der Waals surface area contributed by atoms with Crippen LogP contribution in [0.25, 0.3) is 0 Å². The quantitative estimate of drug-likeness (QED) is 0.829. The molecule has 0 bridgehead atoms. The predicted molar refractivity (Wildman–Crippen MR) is 85.8 cm³/mol. The Morgan fingerprint density at radius 2 is 2.00 bits per heavy atom. The second kappa shape index (κ2) is 7.08. The van der Waals surface area contributed by atoms with E-state index < -0.39 is 0 Å². The molecule has 1 aromatic heterocycles. The van der Waals surface area contributed by atoms with Gasteiger partial charge in [0.1, 0.15) is 5.03 Å². The van der Waals surface area contributed by atoms with E-state index in [9.17, 15) is 4.79 Å². The van der Waals surface area contributed by atoms with Crippen LogP contribution in [-0.4, -0.2) is 22.4 Å². The van der Waals surface area contributed by atoms with Gasteiger partial charge < -0.3 is 10.6 Å². The van der Waals surface area contributed by atoms with Crippen LogP contribution in [0.3, 0.4) is 0 Å². The van der Waals surface area contributed by atoms with Crippen LogP contribution in [0.1, 0.15) is 19.4 Å². The number of rotatable bonds is 5. The molecule has 0 saturated heterocycles. The van der Waals surface area contributed by atoms with Gasteiger partial charge in [0.05, 0.1) is 0 Å². The lowest BCUT2D eigenvalue weighted by Gasteiger charge is -2.08. The van der Waals surface area contributed by atoms with E-state index in [0.29, 0.717) is 5.95 Å². The highest BCUT2D eigenvalue weighted by molar-refractivity contribution is 7.99. The second-order valence-corrected chi connectivity index (χ2v) is 5.58. The fourth-order valence-corrected chi connectivity index (χ4v) is 2.54. The first kappa shape index (κ1) is 15.3. The van der Waals surface area contributed by atoms with Crippen molar-refractivity contribution in [2.45, 2.75) is 30.7 Å². The van der Waals surface area contributed by atoms with E-state index in [0.717, 1.165) is 27.7 Å². The molecule has 2 aromatic rings. The number of aromatic nitrogens is 2. The van der Waals surface area contributed by atoms with Gasteiger partial charge in [-0.2, -0.15) is 0 Å². The van der Waals surface area contributed by atoms with Crippen LogP contribution >= 0.6 is 11.8 Å². The lowest BCUT2D eigenvalue weighted by Crippen LogP contribution is -2.05. The Morgan fingerprint density at radius 3 is 2.62 bits per heavy atom. The minimum atomic E-state index is -0.0719. The average molecular weight is 302 g/mol.